The number of hydrogen-bond acceptors (Lipinski definition) is 4. The molecule has 5 rings (SSSR count). The zero-order valence-electron chi connectivity index (χ0n) is 19.4. The highest BCUT2D eigenvalue weighted by molar-refractivity contribution is 7.88. The van der Waals surface area contributed by atoms with Crippen molar-refractivity contribution in [3.05, 3.63) is 89.0 Å². The number of allylic oxidation sites excluding steroid dienone is 1. The Bertz CT molecular complexity index is 1460. The fourth-order valence-corrected chi connectivity index (χ4v) is 5.77. The van der Waals surface area contributed by atoms with Gasteiger partial charge in [0, 0.05) is 22.7 Å². The molecule has 0 bridgehead atoms. The van der Waals surface area contributed by atoms with Gasteiger partial charge in [0.2, 0.25) is 0 Å². The summed E-state index contributed by atoms with van der Waals surface area (Å²) in [7, 11) is -5.82. The number of anilines is 1. The second kappa shape index (κ2) is 7.88. The van der Waals surface area contributed by atoms with E-state index < -0.39 is 15.6 Å². The summed E-state index contributed by atoms with van der Waals surface area (Å²) in [5, 5.41) is 3.53. The van der Waals surface area contributed by atoms with Crippen molar-refractivity contribution in [2.45, 2.75) is 44.2 Å². The van der Waals surface area contributed by atoms with E-state index in [1.54, 1.807) is 0 Å². The lowest BCUT2D eigenvalue weighted by molar-refractivity contribution is -0.0499. The second-order valence-electron chi connectivity index (χ2n) is 9.56. The monoisotopic (exact) mass is 499 g/mol. The first kappa shape index (κ1) is 23.5. The molecule has 3 aromatic carbocycles. The Kier molecular flexibility index (Phi) is 5.29. The van der Waals surface area contributed by atoms with Crippen molar-refractivity contribution in [2.24, 2.45) is 0 Å². The first-order valence-corrected chi connectivity index (χ1v) is 12.6. The van der Waals surface area contributed by atoms with Crippen LogP contribution in [0.2, 0.25) is 0 Å². The Morgan fingerprint density at radius 2 is 1.69 bits per heavy atom. The average Bonchev–Trinajstić information content (AvgIpc) is 2.76. The van der Waals surface area contributed by atoms with Crippen LogP contribution < -0.4 is 9.50 Å². The molecule has 8 heteroatoms. The maximum Gasteiger partial charge on any atom is 0.534 e. The third-order valence-electron chi connectivity index (χ3n) is 6.51. The summed E-state index contributed by atoms with van der Waals surface area (Å²) in [4.78, 5) is 0. The fraction of sp³-hybridized carbons (Fsp3) is 0.259. The van der Waals surface area contributed by atoms with Crippen molar-refractivity contribution in [2.75, 3.05) is 5.32 Å². The number of hydrogen-bond donors (Lipinski definition) is 1. The van der Waals surface area contributed by atoms with Gasteiger partial charge in [0.1, 0.15) is 0 Å². The van der Waals surface area contributed by atoms with Gasteiger partial charge >= 0.3 is 15.6 Å². The molecular weight excluding hydrogens is 475 g/mol. The second-order valence-corrected chi connectivity index (χ2v) is 11.1. The van der Waals surface area contributed by atoms with Gasteiger partial charge in [0.05, 0.1) is 5.54 Å². The van der Waals surface area contributed by atoms with Gasteiger partial charge in [-0.1, -0.05) is 54.6 Å². The van der Waals surface area contributed by atoms with Crippen LogP contribution in [-0.2, 0) is 16.5 Å². The van der Waals surface area contributed by atoms with E-state index in [9.17, 15) is 21.6 Å². The van der Waals surface area contributed by atoms with Gasteiger partial charge < -0.3 is 9.50 Å². The standard InChI is InChI=1S/C27H24F3NO3S/c1-16-15-26(2,3)31-21-13-12-19-24-18(10-7-11-22(24)34-35(32,33)27(28,29)30)14-20(25(19)23(16)21)17-8-5-4-6-9-17/h4-13,15,20,31H,14H2,1-3H3. The van der Waals surface area contributed by atoms with Gasteiger partial charge in [0.25, 0.3) is 0 Å². The zero-order chi connectivity index (χ0) is 25.2. The van der Waals surface area contributed by atoms with Gasteiger partial charge in [-0.25, -0.2) is 0 Å². The maximum atomic E-state index is 13.2. The topological polar surface area (TPSA) is 55.4 Å². The molecule has 35 heavy (non-hydrogen) atoms. The molecule has 0 saturated heterocycles. The van der Waals surface area contributed by atoms with Crippen LogP contribution in [0.25, 0.3) is 16.7 Å². The Balaban J connectivity index is 1.78. The fourth-order valence-electron chi connectivity index (χ4n) is 5.30. The molecule has 0 amide bonds. The Labute approximate surface area is 202 Å². The molecule has 0 spiro atoms. The number of halogens is 3. The van der Waals surface area contributed by atoms with Crippen molar-refractivity contribution in [1.82, 2.24) is 0 Å². The van der Waals surface area contributed by atoms with Crippen molar-refractivity contribution >= 4 is 21.4 Å². The summed E-state index contributed by atoms with van der Waals surface area (Å²) in [5.41, 5.74) is 0.953. The van der Waals surface area contributed by atoms with Gasteiger partial charge in [-0.15, -0.1) is 0 Å². The predicted octanol–water partition coefficient (Wildman–Crippen LogP) is 6.88. The number of nitrogens with one attached hydrogen (secondary N) is 1. The smallest absolute Gasteiger partial charge is 0.376 e. The highest BCUT2D eigenvalue weighted by Gasteiger charge is 2.49. The molecule has 0 fully saturated rings. The normalized spacial score (nSPS) is 18.5. The van der Waals surface area contributed by atoms with Crippen LogP contribution in [0.4, 0.5) is 18.9 Å². The van der Waals surface area contributed by atoms with Crippen molar-refractivity contribution in [1.29, 1.82) is 0 Å². The van der Waals surface area contributed by atoms with E-state index in [0.717, 1.165) is 33.5 Å². The number of alkyl halides is 3. The number of fused-ring (bicyclic) bond motifs is 5. The minimum Gasteiger partial charge on any atom is -0.376 e. The summed E-state index contributed by atoms with van der Waals surface area (Å²) < 4.78 is 67.9. The number of rotatable bonds is 3. The van der Waals surface area contributed by atoms with Gasteiger partial charge in [-0.3, -0.25) is 0 Å². The molecular formula is C27H24F3NO3S. The number of benzene rings is 3. The molecule has 3 aromatic rings. The molecule has 4 nitrogen and oxygen atoms in total. The van der Waals surface area contributed by atoms with Crippen molar-refractivity contribution in [3.8, 4) is 16.9 Å². The zero-order valence-corrected chi connectivity index (χ0v) is 20.2. The Morgan fingerprint density at radius 1 is 0.971 bits per heavy atom. The molecule has 2 aliphatic rings. The molecule has 1 aliphatic heterocycles. The van der Waals surface area contributed by atoms with Gasteiger partial charge in [-0.2, -0.15) is 21.6 Å². The van der Waals surface area contributed by atoms with Gasteiger partial charge in [-0.05, 0) is 67.2 Å². The van der Waals surface area contributed by atoms with Crippen LogP contribution in [0, 0.1) is 0 Å². The maximum absolute atomic E-state index is 13.2. The molecule has 1 atom stereocenters. The van der Waals surface area contributed by atoms with Crippen LogP contribution in [0.15, 0.2) is 66.7 Å². The van der Waals surface area contributed by atoms with Crippen LogP contribution in [-0.4, -0.2) is 19.5 Å². The molecule has 0 aromatic heterocycles. The highest BCUT2D eigenvalue weighted by atomic mass is 32.2. The SMILES string of the molecule is CC1=CC(C)(C)Nc2ccc3c(c21)C(c1ccccc1)Cc1cccc(OS(=O)(=O)C(F)(F)F)c1-3. The first-order valence-electron chi connectivity index (χ1n) is 11.2. The quantitative estimate of drug-likeness (QED) is 0.315. The third kappa shape index (κ3) is 3.99. The Morgan fingerprint density at radius 3 is 2.37 bits per heavy atom. The van der Waals surface area contributed by atoms with Crippen LogP contribution >= 0.6 is 0 Å². The Hall–Kier alpha value is -3.26. The van der Waals surface area contributed by atoms with Crippen LogP contribution in [0.5, 0.6) is 5.75 Å². The largest absolute Gasteiger partial charge is 0.534 e. The molecule has 1 aliphatic carbocycles. The highest BCUT2D eigenvalue weighted by Crippen LogP contribution is 2.52. The summed E-state index contributed by atoms with van der Waals surface area (Å²) >= 11 is 0. The molecule has 1 N–H and O–H groups in total. The molecule has 0 saturated carbocycles. The summed E-state index contributed by atoms with van der Waals surface area (Å²) in [6.45, 7) is 6.16. The van der Waals surface area contributed by atoms with Crippen molar-refractivity contribution in [3.63, 3.8) is 0 Å². The molecule has 182 valence electrons. The lowest BCUT2D eigenvalue weighted by Crippen LogP contribution is -2.32. The van der Waals surface area contributed by atoms with Crippen LogP contribution in [0.3, 0.4) is 0 Å². The summed E-state index contributed by atoms with van der Waals surface area (Å²) in [6.07, 6.45) is 2.62. The van der Waals surface area contributed by atoms with E-state index in [1.807, 2.05) is 55.5 Å². The average molecular weight is 500 g/mol. The summed E-state index contributed by atoms with van der Waals surface area (Å²) in [6, 6.07) is 18.3. The van der Waals surface area contributed by atoms with E-state index >= 15 is 0 Å². The third-order valence-corrected chi connectivity index (χ3v) is 7.48. The van der Waals surface area contributed by atoms with E-state index in [0.29, 0.717) is 17.5 Å². The van der Waals surface area contributed by atoms with E-state index in [2.05, 4.69) is 29.4 Å². The van der Waals surface area contributed by atoms with E-state index in [1.165, 1.54) is 12.1 Å². The van der Waals surface area contributed by atoms with E-state index in [-0.39, 0.29) is 17.2 Å². The molecule has 1 heterocycles. The first-order chi connectivity index (χ1) is 16.4. The molecule has 0 radical (unpaired) electrons. The lowest BCUT2D eigenvalue weighted by atomic mass is 9.71. The van der Waals surface area contributed by atoms with Crippen molar-refractivity contribution < 1.29 is 25.8 Å². The van der Waals surface area contributed by atoms with Gasteiger partial charge in [0.15, 0.2) is 5.75 Å². The summed E-state index contributed by atoms with van der Waals surface area (Å²) in [5.74, 6) is -0.396. The molecule has 1 unspecified atom stereocenters. The minimum atomic E-state index is -5.82. The lowest BCUT2D eigenvalue weighted by Gasteiger charge is -2.37. The van der Waals surface area contributed by atoms with Crippen LogP contribution in [0.1, 0.15) is 48.9 Å². The van der Waals surface area contributed by atoms with E-state index in [4.69, 9.17) is 0 Å². The predicted molar refractivity (Wildman–Crippen MR) is 131 cm³/mol. The minimum absolute atomic E-state index is 0.0746.